The molecule has 0 fully saturated rings. The molecule has 0 saturated carbocycles. The van der Waals surface area contributed by atoms with E-state index in [9.17, 15) is 19.2 Å². The van der Waals surface area contributed by atoms with E-state index in [2.05, 4.69) is 38.5 Å². The SMILES string of the molecule is CC(C)C(C(C)C)N(NC(=O)c1ccccc1)C(=O)c1ccccc1.CC(N(NC(=O)c1ccccc1)C(=O)c1ccccc1)C(C)(C)C. The Bertz CT molecular complexity index is 1630. The lowest BCUT2D eigenvalue weighted by molar-refractivity contribution is 0.0331. The highest BCUT2D eigenvalue weighted by Gasteiger charge is 2.33. The molecule has 4 rings (SSSR count). The molecular formula is C41H50N4O4. The van der Waals surface area contributed by atoms with E-state index in [1.165, 1.54) is 10.0 Å². The van der Waals surface area contributed by atoms with E-state index in [0.29, 0.717) is 22.3 Å². The van der Waals surface area contributed by atoms with Crippen LogP contribution in [-0.2, 0) is 0 Å². The van der Waals surface area contributed by atoms with Crippen molar-refractivity contribution in [2.24, 2.45) is 17.3 Å². The van der Waals surface area contributed by atoms with Crippen LogP contribution in [-0.4, -0.2) is 45.7 Å². The molecule has 4 aromatic rings. The summed E-state index contributed by atoms with van der Waals surface area (Å²) in [6.45, 7) is 16.3. The molecule has 49 heavy (non-hydrogen) atoms. The molecule has 0 radical (unpaired) electrons. The number of nitrogens with one attached hydrogen (secondary N) is 2. The normalized spacial score (nSPS) is 11.7. The fourth-order valence-electron chi connectivity index (χ4n) is 5.30. The first-order valence-corrected chi connectivity index (χ1v) is 16.7. The first-order chi connectivity index (χ1) is 23.2. The summed E-state index contributed by atoms with van der Waals surface area (Å²) in [7, 11) is 0. The molecule has 1 atom stereocenters. The van der Waals surface area contributed by atoms with Crippen LogP contribution in [0.2, 0.25) is 0 Å². The molecule has 258 valence electrons. The van der Waals surface area contributed by atoms with Gasteiger partial charge in [0.15, 0.2) is 0 Å². The molecule has 4 aromatic carbocycles. The zero-order chi connectivity index (χ0) is 36.1. The molecule has 0 spiro atoms. The van der Waals surface area contributed by atoms with Gasteiger partial charge < -0.3 is 0 Å². The van der Waals surface area contributed by atoms with Gasteiger partial charge in [0, 0.05) is 22.3 Å². The van der Waals surface area contributed by atoms with E-state index < -0.39 is 0 Å². The molecule has 0 heterocycles. The highest BCUT2D eigenvalue weighted by molar-refractivity contribution is 6.00. The third-order valence-electron chi connectivity index (χ3n) is 8.30. The summed E-state index contributed by atoms with van der Waals surface area (Å²) in [6, 6.07) is 35.6. The number of hydrazine groups is 2. The van der Waals surface area contributed by atoms with Crippen molar-refractivity contribution in [1.82, 2.24) is 20.9 Å². The summed E-state index contributed by atoms with van der Waals surface area (Å²) in [6.07, 6.45) is 0. The van der Waals surface area contributed by atoms with Crippen LogP contribution in [0.4, 0.5) is 0 Å². The Hall–Kier alpha value is -5.24. The van der Waals surface area contributed by atoms with Crippen LogP contribution >= 0.6 is 0 Å². The van der Waals surface area contributed by atoms with Crippen molar-refractivity contribution in [3.8, 4) is 0 Å². The second-order valence-corrected chi connectivity index (χ2v) is 13.7. The predicted octanol–water partition coefficient (Wildman–Crippen LogP) is 8.06. The summed E-state index contributed by atoms with van der Waals surface area (Å²) < 4.78 is 0. The van der Waals surface area contributed by atoms with Gasteiger partial charge in [0.25, 0.3) is 23.6 Å². The van der Waals surface area contributed by atoms with Gasteiger partial charge in [0.2, 0.25) is 0 Å². The van der Waals surface area contributed by atoms with Crippen molar-refractivity contribution in [2.45, 2.75) is 67.5 Å². The van der Waals surface area contributed by atoms with Crippen molar-refractivity contribution in [3.05, 3.63) is 144 Å². The van der Waals surface area contributed by atoms with Gasteiger partial charge in [-0.1, -0.05) is 121 Å². The van der Waals surface area contributed by atoms with E-state index in [4.69, 9.17) is 0 Å². The van der Waals surface area contributed by atoms with Gasteiger partial charge in [-0.3, -0.25) is 30.0 Å². The summed E-state index contributed by atoms with van der Waals surface area (Å²) in [5, 5.41) is 2.94. The number of nitrogens with zero attached hydrogens (tertiary/aromatic N) is 2. The van der Waals surface area contributed by atoms with Crippen LogP contribution in [0.25, 0.3) is 0 Å². The Labute approximate surface area is 291 Å². The van der Waals surface area contributed by atoms with E-state index in [0.717, 1.165) is 0 Å². The maximum atomic E-state index is 13.1. The Kier molecular flexibility index (Phi) is 13.9. The minimum atomic E-state index is -0.295. The molecule has 8 heteroatoms. The zero-order valence-electron chi connectivity index (χ0n) is 29.9. The third-order valence-corrected chi connectivity index (χ3v) is 8.30. The first kappa shape index (κ1) is 38.2. The van der Waals surface area contributed by atoms with Crippen LogP contribution in [0.3, 0.4) is 0 Å². The average Bonchev–Trinajstić information content (AvgIpc) is 3.10. The summed E-state index contributed by atoms with van der Waals surface area (Å²) >= 11 is 0. The molecular weight excluding hydrogens is 612 g/mol. The Morgan fingerprint density at radius 3 is 1.06 bits per heavy atom. The van der Waals surface area contributed by atoms with E-state index >= 15 is 0 Å². The number of carbonyl (C=O) groups is 4. The second-order valence-electron chi connectivity index (χ2n) is 13.7. The number of benzene rings is 4. The van der Waals surface area contributed by atoms with Crippen LogP contribution in [0.1, 0.15) is 96.8 Å². The first-order valence-electron chi connectivity index (χ1n) is 16.7. The van der Waals surface area contributed by atoms with Crippen LogP contribution in [0.5, 0.6) is 0 Å². The smallest absolute Gasteiger partial charge is 0.267 e. The van der Waals surface area contributed by atoms with Crippen LogP contribution < -0.4 is 10.9 Å². The molecule has 8 nitrogen and oxygen atoms in total. The molecule has 1 unspecified atom stereocenters. The van der Waals surface area contributed by atoms with Gasteiger partial charge in [0.1, 0.15) is 0 Å². The summed E-state index contributed by atoms with van der Waals surface area (Å²) in [4.78, 5) is 51.1. The molecule has 0 aromatic heterocycles. The largest absolute Gasteiger partial charge is 0.272 e. The Morgan fingerprint density at radius 1 is 0.469 bits per heavy atom. The summed E-state index contributed by atoms with van der Waals surface area (Å²) in [5.41, 5.74) is 7.58. The molecule has 0 aliphatic carbocycles. The number of hydrogen-bond acceptors (Lipinski definition) is 4. The Balaban J connectivity index is 0.000000266. The van der Waals surface area contributed by atoms with Crippen molar-refractivity contribution in [2.75, 3.05) is 0 Å². The standard InChI is InChI=1S/C21H26N2O2.C20H24N2O2/c1-15(2)19(16(3)4)23(21(25)18-13-9-6-10-14-18)22-20(24)17-11-7-5-8-12-17;1-15(20(2,3)4)22(19(24)17-13-9-6-10-14-17)21-18(23)16-11-7-5-8-12-16/h5-16,19H,1-4H3,(H,22,24);5-15H,1-4H3,(H,21,23). The highest BCUT2D eigenvalue weighted by Crippen LogP contribution is 2.25. The monoisotopic (exact) mass is 662 g/mol. The van der Waals surface area contributed by atoms with E-state index in [1.54, 1.807) is 72.8 Å². The predicted molar refractivity (Wildman–Crippen MR) is 195 cm³/mol. The highest BCUT2D eigenvalue weighted by atomic mass is 16.2. The quantitative estimate of drug-likeness (QED) is 0.187. The molecule has 4 amide bonds. The lowest BCUT2D eigenvalue weighted by atomic mass is 9.87. The van der Waals surface area contributed by atoms with Gasteiger partial charge in [-0.25, -0.2) is 10.0 Å². The van der Waals surface area contributed by atoms with Crippen molar-refractivity contribution >= 4 is 23.6 Å². The third kappa shape index (κ3) is 10.9. The molecule has 0 aliphatic heterocycles. The fourth-order valence-corrected chi connectivity index (χ4v) is 5.30. The number of amides is 4. The molecule has 2 N–H and O–H groups in total. The van der Waals surface area contributed by atoms with Gasteiger partial charge in [-0.05, 0) is 72.7 Å². The van der Waals surface area contributed by atoms with Crippen LogP contribution in [0, 0.1) is 17.3 Å². The lowest BCUT2D eigenvalue weighted by Gasteiger charge is -2.37. The minimum absolute atomic E-state index is 0.111. The lowest BCUT2D eigenvalue weighted by Crippen LogP contribution is -2.55. The van der Waals surface area contributed by atoms with Gasteiger partial charge in [-0.15, -0.1) is 0 Å². The molecule has 0 saturated heterocycles. The molecule has 0 aliphatic rings. The fraction of sp³-hybridized carbons (Fsp3) is 0.317. The van der Waals surface area contributed by atoms with E-state index in [-0.39, 0.29) is 53.0 Å². The maximum absolute atomic E-state index is 13.1. The van der Waals surface area contributed by atoms with Crippen molar-refractivity contribution in [1.29, 1.82) is 0 Å². The van der Waals surface area contributed by atoms with E-state index in [1.807, 2.05) is 76.2 Å². The maximum Gasteiger partial charge on any atom is 0.272 e. The van der Waals surface area contributed by atoms with Gasteiger partial charge in [-0.2, -0.15) is 0 Å². The topological polar surface area (TPSA) is 98.8 Å². The zero-order valence-corrected chi connectivity index (χ0v) is 29.9. The summed E-state index contributed by atoms with van der Waals surface area (Å²) in [5.74, 6) is -0.598. The van der Waals surface area contributed by atoms with Gasteiger partial charge in [0.05, 0.1) is 12.1 Å². The van der Waals surface area contributed by atoms with Gasteiger partial charge >= 0.3 is 0 Å². The van der Waals surface area contributed by atoms with Crippen LogP contribution in [0.15, 0.2) is 121 Å². The number of rotatable bonds is 8. The second kappa shape index (κ2) is 17.8. The number of carbonyl (C=O) groups excluding carboxylic acids is 4. The van der Waals surface area contributed by atoms with Crippen molar-refractivity contribution < 1.29 is 19.2 Å². The number of hydrogen-bond donors (Lipinski definition) is 2. The van der Waals surface area contributed by atoms with Crippen molar-refractivity contribution in [3.63, 3.8) is 0 Å². The molecule has 0 bridgehead atoms. The minimum Gasteiger partial charge on any atom is -0.267 e. The average molecular weight is 663 g/mol. The Morgan fingerprint density at radius 2 is 0.755 bits per heavy atom.